The van der Waals surface area contributed by atoms with Crippen LogP contribution in [0, 0.1) is 12.8 Å². The summed E-state index contributed by atoms with van der Waals surface area (Å²) >= 11 is 0. The van der Waals surface area contributed by atoms with Gasteiger partial charge in [0, 0.05) is 25.0 Å². The molecule has 2 aromatic rings. The van der Waals surface area contributed by atoms with Crippen LogP contribution in [0.3, 0.4) is 0 Å². The molecule has 0 aliphatic heterocycles. The molecule has 5 heteroatoms. The average Bonchev–Trinajstić information content (AvgIpc) is 2.58. The Morgan fingerprint density at radius 1 is 1.56 bits per heavy atom. The lowest BCUT2D eigenvalue weighted by atomic mass is 10.1. The molecule has 1 N–H and O–H groups in total. The maximum Gasteiger partial charge on any atom is 0.306 e. The zero-order valence-corrected chi connectivity index (χ0v) is 9.21. The van der Waals surface area contributed by atoms with Gasteiger partial charge in [-0.05, 0) is 12.5 Å². The van der Waals surface area contributed by atoms with Gasteiger partial charge in [-0.15, -0.1) is 0 Å². The van der Waals surface area contributed by atoms with Gasteiger partial charge in [0.25, 0.3) is 0 Å². The largest absolute Gasteiger partial charge is 0.481 e. The van der Waals surface area contributed by atoms with Crippen molar-refractivity contribution in [1.82, 2.24) is 14.4 Å². The molecule has 0 aromatic carbocycles. The van der Waals surface area contributed by atoms with E-state index in [0.717, 1.165) is 11.3 Å². The molecule has 0 aliphatic carbocycles. The number of aromatic nitrogens is 3. The molecular formula is C11H13N3O2. The van der Waals surface area contributed by atoms with Crippen LogP contribution in [0.1, 0.15) is 18.2 Å². The van der Waals surface area contributed by atoms with Gasteiger partial charge in [-0.25, -0.2) is 9.97 Å². The van der Waals surface area contributed by atoms with Gasteiger partial charge in [-0.2, -0.15) is 0 Å². The SMILES string of the molecule is Cc1cnc2nc(CC(C)C(=O)O)cn2c1. The Kier molecular flexibility index (Phi) is 2.60. The minimum Gasteiger partial charge on any atom is -0.481 e. The van der Waals surface area contributed by atoms with E-state index in [9.17, 15) is 4.79 Å². The lowest BCUT2D eigenvalue weighted by Gasteiger charge is -2.01. The van der Waals surface area contributed by atoms with Gasteiger partial charge >= 0.3 is 5.97 Å². The molecule has 1 atom stereocenters. The number of rotatable bonds is 3. The van der Waals surface area contributed by atoms with Crippen LogP contribution in [0.25, 0.3) is 5.78 Å². The van der Waals surface area contributed by atoms with Crippen LogP contribution in [0.2, 0.25) is 0 Å². The van der Waals surface area contributed by atoms with E-state index < -0.39 is 11.9 Å². The van der Waals surface area contributed by atoms with Crippen molar-refractivity contribution in [3.05, 3.63) is 29.8 Å². The number of hydrogen-bond acceptors (Lipinski definition) is 3. The lowest BCUT2D eigenvalue weighted by Crippen LogP contribution is -2.12. The highest BCUT2D eigenvalue weighted by molar-refractivity contribution is 5.69. The Balaban J connectivity index is 2.29. The third-order valence-electron chi connectivity index (χ3n) is 2.43. The third kappa shape index (κ3) is 2.03. The van der Waals surface area contributed by atoms with Crippen LogP contribution in [0.5, 0.6) is 0 Å². The maximum atomic E-state index is 10.7. The van der Waals surface area contributed by atoms with Gasteiger partial charge in [-0.3, -0.25) is 9.20 Å². The molecule has 0 saturated carbocycles. The predicted octanol–water partition coefficient (Wildman–Crippen LogP) is 1.30. The van der Waals surface area contributed by atoms with Crippen molar-refractivity contribution in [1.29, 1.82) is 0 Å². The van der Waals surface area contributed by atoms with Gasteiger partial charge in [0.05, 0.1) is 11.6 Å². The van der Waals surface area contributed by atoms with Crippen LogP contribution >= 0.6 is 0 Å². The van der Waals surface area contributed by atoms with Crippen LogP contribution in [0.15, 0.2) is 18.6 Å². The van der Waals surface area contributed by atoms with E-state index in [-0.39, 0.29) is 0 Å². The van der Waals surface area contributed by atoms with Gasteiger partial charge in [0.1, 0.15) is 0 Å². The topological polar surface area (TPSA) is 67.5 Å². The summed E-state index contributed by atoms with van der Waals surface area (Å²) in [6.45, 7) is 3.62. The number of fused-ring (bicyclic) bond motifs is 1. The number of imidazole rings is 1. The molecule has 0 radical (unpaired) electrons. The summed E-state index contributed by atoms with van der Waals surface area (Å²) in [7, 11) is 0. The molecule has 2 aromatic heterocycles. The smallest absolute Gasteiger partial charge is 0.306 e. The van der Waals surface area contributed by atoms with E-state index in [0.29, 0.717) is 12.2 Å². The van der Waals surface area contributed by atoms with Crippen LogP contribution in [0.4, 0.5) is 0 Å². The van der Waals surface area contributed by atoms with Crippen molar-refractivity contribution in [3.63, 3.8) is 0 Å². The van der Waals surface area contributed by atoms with Crippen molar-refractivity contribution >= 4 is 11.7 Å². The molecule has 0 aliphatic rings. The molecule has 2 rings (SSSR count). The molecular weight excluding hydrogens is 206 g/mol. The fourth-order valence-electron chi connectivity index (χ4n) is 1.54. The van der Waals surface area contributed by atoms with E-state index >= 15 is 0 Å². The Hall–Kier alpha value is -1.91. The average molecular weight is 219 g/mol. The van der Waals surface area contributed by atoms with E-state index in [1.165, 1.54) is 0 Å². The first-order valence-corrected chi connectivity index (χ1v) is 5.09. The zero-order valence-electron chi connectivity index (χ0n) is 9.21. The van der Waals surface area contributed by atoms with E-state index in [1.54, 1.807) is 13.1 Å². The first kappa shape index (κ1) is 10.6. The van der Waals surface area contributed by atoms with Gasteiger partial charge < -0.3 is 5.11 Å². The quantitative estimate of drug-likeness (QED) is 0.844. The molecule has 2 heterocycles. The van der Waals surface area contributed by atoms with Crippen LogP contribution < -0.4 is 0 Å². The number of aryl methyl sites for hydroxylation is 1. The zero-order chi connectivity index (χ0) is 11.7. The van der Waals surface area contributed by atoms with E-state index in [1.807, 2.05) is 23.7 Å². The number of carbonyl (C=O) groups is 1. The minimum atomic E-state index is -0.804. The summed E-state index contributed by atoms with van der Waals surface area (Å²) in [6, 6.07) is 0. The minimum absolute atomic E-state index is 0.425. The fraction of sp³-hybridized carbons (Fsp3) is 0.364. The maximum absolute atomic E-state index is 10.7. The van der Waals surface area contributed by atoms with Gasteiger partial charge in [0.15, 0.2) is 0 Å². The Morgan fingerprint density at radius 3 is 3.00 bits per heavy atom. The highest BCUT2D eigenvalue weighted by Crippen LogP contribution is 2.09. The summed E-state index contributed by atoms with van der Waals surface area (Å²) in [4.78, 5) is 19.1. The molecule has 84 valence electrons. The van der Waals surface area contributed by atoms with Crippen molar-refractivity contribution in [2.45, 2.75) is 20.3 Å². The van der Waals surface area contributed by atoms with E-state index in [4.69, 9.17) is 5.11 Å². The molecule has 5 nitrogen and oxygen atoms in total. The van der Waals surface area contributed by atoms with Gasteiger partial charge in [0.2, 0.25) is 5.78 Å². The molecule has 0 amide bonds. The molecule has 0 spiro atoms. The Morgan fingerprint density at radius 2 is 2.31 bits per heavy atom. The monoisotopic (exact) mass is 219 g/mol. The normalized spacial score (nSPS) is 12.9. The molecule has 16 heavy (non-hydrogen) atoms. The number of hydrogen-bond donors (Lipinski definition) is 1. The fourth-order valence-corrected chi connectivity index (χ4v) is 1.54. The molecule has 0 saturated heterocycles. The summed E-state index contributed by atoms with van der Waals surface area (Å²) in [5.41, 5.74) is 1.80. The highest BCUT2D eigenvalue weighted by atomic mass is 16.4. The number of nitrogens with zero attached hydrogens (tertiary/aromatic N) is 3. The second-order valence-corrected chi connectivity index (χ2v) is 4.01. The lowest BCUT2D eigenvalue weighted by molar-refractivity contribution is -0.141. The summed E-state index contributed by atoms with van der Waals surface area (Å²) in [5, 5.41) is 8.81. The van der Waals surface area contributed by atoms with Crippen molar-refractivity contribution in [2.24, 2.45) is 5.92 Å². The summed E-state index contributed by atoms with van der Waals surface area (Å²) in [5.74, 6) is -0.620. The summed E-state index contributed by atoms with van der Waals surface area (Å²) < 4.78 is 1.82. The predicted molar refractivity (Wildman–Crippen MR) is 58.2 cm³/mol. The third-order valence-corrected chi connectivity index (χ3v) is 2.43. The van der Waals surface area contributed by atoms with Crippen molar-refractivity contribution < 1.29 is 9.90 Å². The van der Waals surface area contributed by atoms with Crippen LogP contribution in [-0.2, 0) is 11.2 Å². The van der Waals surface area contributed by atoms with Gasteiger partial charge in [-0.1, -0.05) is 6.92 Å². The Bertz CT molecular complexity index is 533. The van der Waals surface area contributed by atoms with Crippen molar-refractivity contribution in [3.8, 4) is 0 Å². The second kappa shape index (κ2) is 3.92. The summed E-state index contributed by atoms with van der Waals surface area (Å²) in [6.07, 6.45) is 5.92. The van der Waals surface area contributed by atoms with E-state index in [2.05, 4.69) is 9.97 Å². The number of carboxylic acid groups (broad SMARTS) is 1. The first-order chi connectivity index (χ1) is 7.56. The number of carboxylic acids is 1. The first-order valence-electron chi connectivity index (χ1n) is 5.09. The van der Waals surface area contributed by atoms with Crippen molar-refractivity contribution in [2.75, 3.05) is 0 Å². The molecule has 1 unspecified atom stereocenters. The Labute approximate surface area is 92.8 Å². The molecule has 0 bridgehead atoms. The standard InChI is InChI=1S/C11H13N3O2/c1-7-4-12-11-13-9(6-14(11)5-7)3-8(2)10(15)16/h4-6,8H,3H2,1-2H3,(H,15,16). The highest BCUT2D eigenvalue weighted by Gasteiger charge is 2.13. The van der Waals surface area contributed by atoms with Crippen LogP contribution in [-0.4, -0.2) is 25.4 Å². The second-order valence-electron chi connectivity index (χ2n) is 4.01. The number of aliphatic carboxylic acids is 1. The molecule has 0 fully saturated rings.